The van der Waals surface area contributed by atoms with Gasteiger partial charge in [-0.15, -0.1) is 24.3 Å². The molecule has 124 valence electrons. The summed E-state index contributed by atoms with van der Waals surface area (Å²) in [5.74, 6) is 0. The van der Waals surface area contributed by atoms with E-state index < -0.39 is 0 Å². The molecule has 23 heavy (non-hydrogen) atoms. The standard InChI is InChI=1S/C12H8S2.2C3H8O.Ti/c1(5-11-7-3-9-13-11)2-6-12-8-4-10-14-12;2*1-3(2)4;/h1-4,7-10H;2*3-4H,1-2H3;/q-2;;;+2. The zero-order valence-electron chi connectivity index (χ0n) is 14.0. The maximum absolute atomic E-state index is 8.06. The van der Waals surface area contributed by atoms with Gasteiger partial charge in [0.2, 0.25) is 0 Å². The van der Waals surface area contributed by atoms with Crippen LogP contribution >= 0.6 is 22.7 Å². The molecule has 0 amide bonds. The third kappa shape index (κ3) is 19.5. The van der Waals surface area contributed by atoms with Crippen LogP contribution < -0.4 is 0 Å². The van der Waals surface area contributed by atoms with Crippen LogP contribution in [0.25, 0.3) is 0 Å². The molecule has 0 unspecified atom stereocenters. The van der Waals surface area contributed by atoms with Gasteiger partial charge in [0.25, 0.3) is 0 Å². The predicted octanol–water partition coefficient (Wildman–Crippen LogP) is 4.70. The van der Waals surface area contributed by atoms with Crippen LogP contribution in [0.3, 0.4) is 0 Å². The summed E-state index contributed by atoms with van der Waals surface area (Å²) in [6.45, 7) is 6.89. The topological polar surface area (TPSA) is 40.5 Å². The number of aliphatic hydroxyl groups excluding tert-OH is 2. The fraction of sp³-hybridized carbons (Fsp3) is 0.333. The first kappa shape index (κ1) is 24.8. The Morgan fingerprint density at radius 1 is 0.826 bits per heavy atom. The Balaban J connectivity index is 0. The van der Waals surface area contributed by atoms with Gasteiger partial charge in [-0.3, -0.25) is 12.2 Å². The molecule has 0 radical (unpaired) electrons. The van der Waals surface area contributed by atoms with Crippen molar-refractivity contribution in [3.8, 4) is 0 Å². The van der Waals surface area contributed by atoms with Gasteiger partial charge in [0.1, 0.15) is 0 Å². The molecule has 0 atom stereocenters. The number of rotatable bonds is 3. The molecule has 0 aliphatic rings. The van der Waals surface area contributed by atoms with Crippen molar-refractivity contribution in [2.45, 2.75) is 39.9 Å². The fourth-order valence-corrected chi connectivity index (χ4v) is 2.16. The predicted molar refractivity (Wildman–Crippen MR) is 97.2 cm³/mol. The van der Waals surface area contributed by atoms with E-state index in [0.717, 1.165) is 9.75 Å². The SMILES string of the molecule is CC(C)O.CC(C)O.[C-](=CC=[C-]c1cccs1)c1cccs1.[Ti+2]. The van der Waals surface area contributed by atoms with Crippen molar-refractivity contribution >= 4 is 22.7 Å². The third-order valence-electron chi connectivity index (χ3n) is 1.58. The first-order valence-corrected chi connectivity index (χ1v) is 8.79. The largest absolute Gasteiger partial charge is 2.00 e. The Labute approximate surface area is 163 Å². The van der Waals surface area contributed by atoms with Crippen LogP contribution in [-0.4, -0.2) is 22.4 Å². The molecule has 0 bridgehead atoms. The van der Waals surface area contributed by atoms with Crippen molar-refractivity contribution in [1.29, 1.82) is 0 Å². The van der Waals surface area contributed by atoms with Gasteiger partial charge >= 0.3 is 21.7 Å². The molecule has 2 aromatic heterocycles. The van der Waals surface area contributed by atoms with Crippen LogP contribution in [-0.2, 0) is 21.7 Å². The van der Waals surface area contributed by atoms with E-state index in [9.17, 15) is 0 Å². The van der Waals surface area contributed by atoms with E-state index in [1.165, 1.54) is 0 Å². The summed E-state index contributed by atoms with van der Waals surface area (Å²) in [4.78, 5) is 2.29. The molecule has 0 saturated heterocycles. The Bertz CT molecular complexity index is 447. The molecular formula is C18H24O2S2Ti. The monoisotopic (exact) mass is 384 g/mol. The Morgan fingerprint density at radius 3 is 1.35 bits per heavy atom. The van der Waals surface area contributed by atoms with E-state index in [1.54, 1.807) is 50.4 Å². The summed E-state index contributed by atoms with van der Waals surface area (Å²) in [5, 5.41) is 20.2. The summed E-state index contributed by atoms with van der Waals surface area (Å²) in [6.07, 6.45) is 9.79. The number of hydrogen-bond acceptors (Lipinski definition) is 4. The zero-order chi connectivity index (χ0) is 16.8. The molecule has 5 heteroatoms. The second kappa shape index (κ2) is 16.4. The molecular weight excluding hydrogens is 360 g/mol. The summed E-state index contributed by atoms with van der Waals surface area (Å²) >= 11 is 3.37. The Hall–Kier alpha value is -0.486. The second-order valence-electron chi connectivity index (χ2n) is 4.76. The minimum absolute atomic E-state index is 0. The number of hydrogen-bond donors (Lipinski definition) is 2. The normalized spacial score (nSPS) is 10.3. The van der Waals surface area contributed by atoms with Gasteiger partial charge in [-0.1, -0.05) is 9.75 Å². The van der Waals surface area contributed by atoms with Crippen LogP contribution in [0, 0.1) is 12.2 Å². The summed E-state index contributed by atoms with van der Waals surface area (Å²) in [6, 6.07) is 8.13. The van der Waals surface area contributed by atoms with Crippen LogP contribution in [0.2, 0.25) is 0 Å². The molecule has 2 aromatic rings. The molecule has 2 N–H and O–H groups in total. The number of allylic oxidation sites excluding steroid dienone is 2. The van der Waals surface area contributed by atoms with E-state index in [2.05, 4.69) is 12.2 Å². The van der Waals surface area contributed by atoms with Crippen molar-refractivity contribution < 1.29 is 31.9 Å². The van der Waals surface area contributed by atoms with E-state index in [4.69, 9.17) is 10.2 Å². The van der Waals surface area contributed by atoms with E-state index in [0.29, 0.717) is 0 Å². The summed E-state index contributed by atoms with van der Waals surface area (Å²) < 4.78 is 0. The number of thiophene rings is 2. The van der Waals surface area contributed by atoms with Crippen molar-refractivity contribution in [3.05, 3.63) is 69.1 Å². The van der Waals surface area contributed by atoms with Crippen LogP contribution in [0.15, 0.2) is 47.2 Å². The molecule has 2 nitrogen and oxygen atoms in total. The Kier molecular flexibility index (Phi) is 17.6. The summed E-state index contributed by atoms with van der Waals surface area (Å²) in [7, 11) is 0. The molecule has 2 rings (SSSR count). The van der Waals surface area contributed by atoms with Gasteiger partial charge in [0, 0.05) is 12.2 Å². The van der Waals surface area contributed by atoms with Gasteiger partial charge in [-0.25, -0.2) is 12.2 Å². The van der Waals surface area contributed by atoms with E-state index in [-0.39, 0.29) is 33.9 Å². The van der Waals surface area contributed by atoms with Crippen LogP contribution in [0.4, 0.5) is 0 Å². The zero-order valence-corrected chi connectivity index (χ0v) is 17.2. The average molecular weight is 384 g/mol. The van der Waals surface area contributed by atoms with Crippen molar-refractivity contribution in [1.82, 2.24) is 0 Å². The first-order valence-electron chi connectivity index (χ1n) is 7.03. The molecule has 0 saturated carbocycles. The van der Waals surface area contributed by atoms with Gasteiger partial charge in [0.05, 0.1) is 0 Å². The van der Waals surface area contributed by atoms with Crippen molar-refractivity contribution in [3.63, 3.8) is 0 Å². The quantitative estimate of drug-likeness (QED) is 0.458. The van der Waals surface area contributed by atoms with Crippen LogP contribution in [0.5, 0.6) is 0 Å². The molecule has 0 aromatic carbocycles. The van der Waals surface area contributed by atoms with Crippen molar-refractivity contribution in [2.75, 3.05) is 0 Å². The molecule has 2 heterocycles. The maximum Gasteiger partial charge on any atom is 2.00 e. The van der Waals surface area contributed by atoms with Gasteiger partial charge in [-0.05, 0) is 38.5 Å². The molecule has 0 fully saturated rings. The molecule has 0 aliphatic heterocycles. The van der Waals surface area contributed by atoms with E-state index >= 15 is 0 Å². The van der Waals surface area contributed by atoms with E-state index in [1.807, 2.05) is 47.2 Å². The maximum atomic E-state index is 8.06. The average Bonchev–Trinajstić information content (AvgIpc) is 3.07. The fourth-order valence-electron chi connectivity index (χ4n) is 0.969. The van der Waals surface area contributed by atoms with Gasteiger partial charge in [-0.2, -0.15) is 22.7 Å². The Morgan fingerprint density at radius 2 is 1.13 bits per heavy atom. The van der Waals surface area contributed by atoms with Crippen LogP contribution in [0.1, 0.15) is 37.4 Å². The summed E-state index contributed by atoms with van der Waals surface area (Å²) in [5.41, 5.74) is 0. The minimum Gasteiger partial charge on any atom is -0.394 e. The molecule has 0 aliphatic carbocycles. The third-order valence-corrected chi connectivity index (χ3v) is 3.18. The minimum atomic E-state index is -0.167. The van der Waals surface area contributed by atoms with Gasteiger partial charge < -0.3 is 10.2 Å². The smallest absolute Gasteiger partial charge is 0.394 e. The van der Waals surface area contributed by atoms with Gasteiger partial charge in [0.15, 0.2) is 0 Å². The first-order chi connectivity index (χ1) is 10.4. The molecule has 0 spiro atoms. The van der Waals surface area contributed by atoms with Crippen molar-refractivity contribution in [2.24, 2.45) is 0 Å². The number of aliphatic hydroxyl groups is 2. The second-order valence-corrected chi connectivity index (χ2v) is 6.66.